The lowest BCUT2D eigenvalue weighted by Crippen LogP contribution is -2.29. The van der Waals surface area contributed by atoms with Crippen LogP contribution in [0.15, 0.2) is 72.3 Å². The van der Waals surface area contributed by atoms with Crippen molar-refractivity contribution in [2.75, 3.05) is 18.6 Å². The molecule has 3 aromatic rings. The summed E-state index contributed by atoms with van der Waals surface area (Å²) in [4.78, 5) is 28.4. The number of anilines is 1. The second kappa shape index (κ2) is 10.7. The number of ketones is 1. The van der Waals surface area contributed by atoms with Crippen LogP contribution in [0.5, 0.6) is 11.5 Å². The van der Waals surface area contributed by atoms with Gasteiger partial charge in [-0.05, 0) is 77.9 Å². The van der Waals surface area contributed by atoms with Gasteiger partial charge in [0.1, 0.15) is 17.3 Å². The van der Waals surface area contributed by atoms with Crippen molar-refractivity contribution in [2.45, 2.75) is 52.5 Å². The van der Waals surface area contributed by atoms with Crippen LogP contribution in [-0.4, -0.2) is 30.5 Å². The molecule has 6 heteroatoms. The summed E-state index contributed by atoms with van der Waals surface area (Å²) < 4.78 is 11.2. The van der Waals surface area contributed by atoms with Crippen molar-refractivity contribution in [3.63, 3.8) is 0 Å². The Morgan fingerprint density at radius 1 is 1.00 bits per heavy atom. The van der Waals surface area contributed by atoms with Crippen molar-refractivity contribution in [3.8, 4) is 11.5 Å². The number of benzene rings is 3. The van der Waals surface area contributed by atoms with Gasteiger partial charge < -0.3 is 14.6 Å². The number of methoxy groups -OCH3 is 1. The summed E-state index contributed by atoms with van der Waals surface area (Å²) in [6.45, 7) is 10.8. The van der Waals surface area contributed by atoms with Gasteiger partial charge in [0.25, 0.3) is 11.7 Å². The number of aliphatic hydroxyl groups excluding tert-OH is 1. The number of rotatable bonds is 7. The fourth-order valence-corrected chi connectivity index (χ4v) is 4.67. The smallest absolute Gasteiger partial charge is 0.300 e. The first-order valence-corrected chi connectivity index (χ1v) is 12.9. The zero-order chi connectivity index (χ0) is 27.6. The normalized spacial score (nSPS) is 17.1. The molecule has 1 saturated heterocycles. The van der Waals surface area contributed by atoms with Crippen LogP contribution < -0.4 is 14.4 Å². The van der Waals surface area contributed by atoms with Gasteiger partial charge >= 0.3 is 0 Å². The van der Waals surface area contributed by atoms with Gasteiger partial charge in [-0.25, -0.2) is 0 Å². The zero-order valence-corrected chi connectivity index (χ0v) is 22.9. The quantitative estimate of drug-likeness (QED) is 0.216. The van der Waals surface area contributed by atoms with Gasteiger partial charge in [0, 0.05) is 11.3 Å². The molecule has 3 aromatic carbocycles. The van der Waals surface area contributed by atoms with E-state index in [1.54, 1.807) is 43.5 Å². The van der Waals surface area contributed by atoms with Gasteiger partial charge in [-0.1, -0.05) is 52.0 Å². The number of nitrogens with zero attached hydrogens (tertiary/aromatic N) is 1. The molecule has 198 valence electrons. The van der Waals surface area contributed by atoms with Crippen LogP contribution in [0, 0.1) is 6.92 Å². The average Bonchev–Trinajstić information content (AvgIpc) is 3.17. The maximum Gasteiger partial charge on any atom is 0.300 e. The van der Waals surface area contributed by atoms with Gasteiger partial charge in [0.15, 0.2) is 0 Å². The SMILES string of the molecule is CCCOc1ccc(/C(O)=C2/C(=O)C(=O)N(c3ccc(C(C)(C)C)cc3)C2c2cccc(OC)c2)cc1C. The van der Waals surface area contributed by atoms with Crippen molar-refractivity contribution >= 4 is 23.1 Å². The highest BCUT2D eigenvalue weighted by Crippen LogP contribution is 2.43. The average molecular weight is 514 g/mol. The van der Waals surface area contributed by atoms with Gasteiger partial charge in [-0.3, -0.25) is 14.5 Å². The molecule has 1 amide bonds. The molecule has 1 aliphatic rings. The van der Waals surface area contributed by atoms with E-state index < -0.39 is 17.7 Å². The summed E-state index contributed by atoms with van der Waals surface area (Å²) >= 11 is 0. The van der Waals surface area contributed by atoms with E-state index in [9.17, 15) is 14.7 Å². The Balaban J connectivity index is 1.87. The third kappa shape index (κ3) is 5.17. The first-order chi connectivity index (χ1) is 18.1. The van der Waals surface area contributed by atoms with Gasteiger partial charge in [-0.2, -0.15) is 0 Å². The van der Waals surface area contributed by atoms with E-state index >= 15 is 0 Å². The molecule has 0 saturated carbocycles. The largest absolute Gasteiger partial charge is 0.507 e. The predicted molar refractivity (Wildman–Crippen MR) is 150 cm³/mol. The molecule has 1 aliphatic heterocycles. The van der Waals surface area contributed by atoms with E-state index in [4.69, 9.17) is 9.47 Å². The van der Waals surface area contributed by atoms with E-state index in [2.05, 4.69) is 20.8 Å². The van der Waals surface area contributed by atoms with Crippen LogP contribution in [0.25, 0.3) is 5.76 Å². The fourth-order valence-electron chi connectivity index (χ4n) is 4.67. The summed E-state index contributed by atoms with van der Waals surface area (Å²) in [7, 11) is 1.56. The minimum Gasteiger partial charge on any atom is -0.507 e. The van der Waals surface area contributed by atoms with Crippen molar-refractivity contribution in [1.82, 2.24) is 0 Å². The molecule has 1 heterocycles. The van der Waals surface area contributed by atoms with Crippen molar-refractivity contribution < 1.29 is 24.2 Å². The lowest BCUT2D eigenvalue weighted by Gasteiger charge is -2.27. The standard InChI is InChI=1S/C32H35NO5/c1-7-17-38-26-16-11-22(18-20(26)2)29(34)27-28(21-9-8-10-25(19-21)37-6)33(31(36)30(27)35)24-14-12-23(13-15-24)32(3,4)5/h8-16,18-19,28,34H,7,17H2,1-6H3/b29-27-. The number of carbonyl (C=O) groups is 2. The Bertz CT molecular complexity index is 1380. The third-order valence-corrected chi connectivity index (χ3v) is 6.78. The maximum atomic E-state index is 13.5. The van der Waals surface area contributed by atoms with Crippen molar-refractivity contribution in [1.29, 1.82) is 0 Å². The second-order valence-electron chi connectivity index (χ2n) is 10.6. The van der Waals surface area contributed by atoms with E-state index in [0.29, 0.717) is 34.9 Å². The van der Waals surface area contributed by atoms with Crippen LogP contribution >= 0.6 is 0 Å². The van der Waals surface area contributed by atoms with Crippen LogP contribution in [0.2, 0.25) is 0 Å². The highest BCUT2D eigenvalue weighted by molar-refractivity contribution is 6.51. The van der Waals surface area contributed by atoms with Crippen LogP contribution in [0.3, 0.4) is 0 Å². The van der Waals surface area contributed by atoms with E-state index in [1.165, 1.54) is 4.90 Å². The molecule has 1 atom stereocenters. The Morgan fingerprint density at radius 2 is 1.71 bits per heavy atom. The summed E-state index contributed by atoms with van der Waals surface area (Å²) in [6, 6.07) is 19.3. The van der Waals surface area contributed by atoms with E-state index in [1.807, 2.05) is 44.2 Å². The molecular formula is C32H35NO5. The highest BCUT2D eigenvalue weighted by Gasteiger charge is 2.47. The van der Waals surface area contributed by atoms with Crippen LogP contribution in [0.4, 0.5) is 5.69 Å². The Hall–Kier alpha value is -4.06. The topological polar surface area (TPSA) is 76.1 Å². The molecule has 1 N–H and O–H groups in total. The molecule has 0 aliphatic carbocycles. The second-order valence-corrected chi connectivity index (χ2v) is 10.6. The van der Waals surface area contributed by atoms with Crippen LogP contribution in [0.1, 0.15) is 62.4 Å². The predicted octanol–water partition coefficient (Wildman–Crippen LogP) is 6.72. The molecule has 0 bridgehead atoms. The number of hydrogen-bond acceptors (Lipinski definition) is 5. The molecule has 0 spiro atoms. The summed E-state index contributed by atoms with van der Waals surface area (Å²) in [5.74, 6) is -0.353. The zero-order valence-electron chi connectivity index (χ0n) is 22.9. The summed E-state index contributed by atoms with van der Waals surface area (Å²) in [6.07, 6.45) is 0.877. The fraction of sp³-hybridized carbons (Fsp3) is 0.312. The maximum absolute atomic E-state index is 13.5. The number of Topliss-reactive ketones (excluding diaryl/α,β-unsaturated/α-hetero) is 1. The monoisotopic (exact) mass is 513 g/mol. The lowest BCUT2D eigenvalue weighted by molar-refractivity contribution is -0.132. The number of amides is 1. The number of ether oxygens (including phenoxy) is 2. The first kappa shape index (κ1) is 27.0. The molecule has 6 nitrogen and oxygen atoms in total. The Labute approximate surface area is 224 Å². The highest BCUT2D eigenvalue weighted by atomic mass is 16.5. The third-order valence-electron chi connectivity index (χ3n) is 6.78. The minimum absolute atomic E-state index is 0.0322. The van der Waals surface area contributed by atoms with Crippen LogP contribution in [-0.2, 0) is 15.0 Å². The molecule has 0 aromatic heterocycles. The number of aliphatic hydroxyl groups is 1. The number of aryl methyl sites for hydroxylation is 1. The van der Waals surface area contributed by atoms with E-state index in [0.717, 1.165) is 17.5 Å². The molecular weight excluding hydrogens is 478 g/mol. The van der Waals surface area contributed by atoms with Gasteiger partial charge in [0.2, 0.25) is 0 Å². The molecule has 38 heavy (non-hydrogen) atoms. The Morgan fingerprint density at radius 3 is 2.32 bits per heavy atom. The molecule has 4 rings (SSSR count). The molecule has 0 radical (unpaired) electrons. The Kier molecular flexibility index (Phi) is 7.63. The lowest BCUT2D eigenvalue weighted by atomic mass is 9.87. The van der Waals surface area contributed by atoms with Crippen molar-refractivity contribution in [3.05, 3.63) is 94.6 Å². The number of carbonyl (C=O) groups excluding carboxylic acids is 2. The van der Waals surface area contributed by atoms with Gasteiger partial charge in [0.05, 0.1) is 25.3 Å². The summed E-state index contributed by atoms with van der Waals surface area (Å²) in [5.41, 5.74) is 3.58. The van der Waals surface area contributed by atoms with Gasteiger partial charge in [-0.15, -0.1) is 0 Å². The van der Waals surface area contributed by atoms with Crippen molar-refractivity contribution in [2.24, 2.45) is 0 Å². The molecule has 1 unspecified atom stereocenters. The summed E-state index contributed by atoms with van der Waals surface area (Å²) in [5, 5.41) is 11.5. The first-order valence-electron chi connectivity index (χ1n) is 12.9. The minimum atomic E-state index is -0.832. The van der Waals surface area contributed by atoms with E-state index in [-0.39, 0.29) is 16.7 Å². The molecule has 1 fully saturated rings. The number of hydrogen-bond donors (Lipinski definition) is 1.